The minimum atomic E-state index is -0.217. The van der Waals surface area contributed by atoms with Crippen LogP contribution in [0.15, 0.2) is 18.2 Å². The molecule has 0 fully saturated rings. The summed E-state index contributed by atoms with van der Waals surface area (Å²) in [6.45, 7) is 4.42. The van der Waals surface area contributed by atoms with Crippen molar-refractivity contribution in [3.63, 3.8) is 0 Å². The third kappa shape index (κ3) is 4.26. The number of aromatic nitrogens is 2. The number of carbonyl (C=O) groups is 2. The molecule has 1 aromatic heterocycles. The molecular weight excluding hydrogens is 346 g/mol. The summed E-state index contributed by atoms with van der Waals surface area (Å²) in [4.78, 5) is 23.7. The molecule has 8 heteroatoms. The van der Waals surface area contributed by atoms with E-state index < -0.39 is 0 Å². The van der Waals surface area contributed by atoms with E-state index in [9.17, 15) is 9.59 Å². The Hall–Kier alpha value is -3.34. The standard InChI is InChI=1S/C19H21N5O3/c1-12-15(13(2)24(23-12)9-3-8-20)5-7-18(25)21-14-4-6-17-16(10-14)22-19(26)11-27-17/h4,6,10H,3,5,7,9,11H2,1-2H3,(H,21,25)(H,22,26). The maximum Gasteiger partial charge on any atom is 0.262 e. The average molecular weight is 367 g/mol. The molecule has 0 radical (unpaired) electrons. The smallest absolute Gasteiger partial charge is 0.262 e. The average Bonchev–Trinajstić information content (AvgIpc) is 2.91. The normalized spacial score (nSPS) is 12.6. The van der Waals surface area contributed by atoms with Crippen LogP contribution in [0.1, 0.15) is 29.8 Å². The first-order valence-electron chi connectivity index (χ1n) is 8.74. The summed E-state index contributed by atoms with van der Waals surface area (Å²) in [5, 5.41) is 18.7. The highest BCUT2D eigenvalue weighted by Crippen LogP contribution is 2.30. The van der Waals surface area contributed by atoms with Crippen LogP contribution in [-0.4, -0.2) is 28.2 Å². The summed E-state index contributed by atoms with van der Waals surface area (Å²) < 4.78 is 7.12. The molecule has 1 aromatic carbocycles. The molecule has 0 spiro atoms. The molecule has 2 heterocycles. The zero-order valence-corrected chi connectivity index (χ0v) is 15.3. The van der Waals surface area contributed by atoms with Crippen LogP contribution < -0.4 is 15.4 Å². The predicted molar refractivity (Wildman–Crippen MR) is 99.4 cm³/mol. The van der Waals surface area contributed by atoms with E-state index in [4.69, 9.17) is 10.00 Å². The summed E-state index contributed by atoms with van der Waals surface area (Å²) in [5.74, 6) is 0.246. The lowest BCUT2D eigenvalue weighted by molar-refractivity contribution is -0.118. The molecule has 0 unspecified atom stereocenters. The number of amides is 2. The summed E-state index contributed by atoms with van der Waals surface area (Å²) in [6.07, 6.45) is 1.28. The van der Waals surface area contributed by atoms with Gasteiger partial charge in [-0.15, -0.1) is 0 Å². The van der Waals surface area contributed by atoms with Gasteiger partial charge in [0.1, 0.15) is 5.75 Å². The summed E-state index contributed by atoms with van der Waals surface area (Å²) in [6, 6.07) is 7.26. The highest BCUT2D eigenvalue weighted by atomic mass is 16.5. The quantitative estimate of drug-likeness (QED) is 0.814. The molecule has 140 valence electrons. The number of hydrogen-bond donors (Lipinski definition) is 2. The molecule has 0 atom stereocenters. The first-order chi connectivity index (χ1) is 13.0. The van der Waals surface area contributed by atoms with Crippen LogP contribution in [0.4, 0.5) is 11.4 Å². The van der Waals surface area contributed by atoms with Gasteiger partial charge in [0, 0.05) is 17.8 Å². The van der Waals surface area contributed by atoms with Gasteiger partial charge in [-0.05, 0) is 44.0 Å². The second-order valence-electron chi connectivity index (χ2n) is 6.38. The molecule has 0 saturated heterocycles. The minimum Gasteiger partial charge on any atom is -0.482 e. The Morgan fingerprint density at radius 1 is 1.44 bits per heavy atom. The number of nitriles is 1. The number of carbonyl (C=O) groups excluding carboxylic acids is 2. The van der Waals surface area contributed by atoms with E-state index in [2.05, 4.69) is 21.8 Å². The van der Waals surface area contributed by atoms with Gasteiger partial charge in [0.25, 0.3) is 5.91 Å². The fraction of sp³-hybridized carbons (Fsp3) is 0.368. The molecule has 2 amide bonds. The number of ether oxygens (including phenoxy) is 1. The Bertz CT molecular complexity index is 926. The number of nitrogens with zero attached hydrogens (tertiary/aromatic N) is 3. The number of nitrogens with one attached hydrogen (secondary N) is 2. The molecule has 2 aromatic rings. The van der Waals surface area contributed by atoms with E-state index in [1.54, 1.807) is 18.2 Å². The summed E-state index contributed by atoms with van der Waals surface area (Å²) in [5.41, 5.74) is 4.06. The van der Waals surface area contributed by atoms with Crippen molar-refractivity contribution in [2.75, 3.05) is 17.2 Å². The van der Waals surface area contributed by atoms with Crippen molar-refractivity contribution < 1.29 is 14.3 Å². The van der Waals surface area contributed by atoms with Crippen LogP contribution in [0.3, 0.4) is 0 Å². The van der Waals surface area contributed by atoms with Gasteiger partial charge >= 0.3 is 0 Å². The van der Waals surface area contributed by atoms with Crippen LogP contribution in [0.2, 0.25) is 0 Å². The SMILES string of the molecule is Cc1nn(CCC#N)c(C)c1CCC(=O)Nc1ccc2c(c1)NC(=O)CO2. The van der Waals surface area contributed by atoms with Gasteiger partial charge in [0.05, 0.1) is 30.4 Å². The minimum absolute atomic E-state index is 0.000538. The van der Waals surface area contributed by atoms with Crippen LogP contribution in [0.25, 0.3) is 0 Å². The number of hydrogen-bond acceptors (Lipinski definition) is 5. The van der Waals surface area contributed by atoms with Gasteiger partial charge in [0.2, 0.25) is 5.91 Å². The number of benzene rings is 1. The lowest BCUT2D eigenvalue weighted by Crippen LogP contribution is -2.25. The molecule has 8 nitrogen and oxygen atoms in total. The third-order valence-electron chi connectivity index (χ3n) is 4.46. The second-order valence-corrected chi connectivity index (χ2v) is 6.38. The Balaban J connectivity index is 1.61. The predicted octanol–water partition coefficient (Wildman–Crippen LogP) is 2.32. The van der Waals surface area contributed by atoms with Crippen LogP contribution in [-0.2, 0) is 22.6 Å². The van der Waals surface area contributed by atoms with Crippen molar-refractivity contribution in [2.24, 2.45) is 0 Å². The van der Waals surface area contributed by atoms with E-state index in [1.807, 2.05) is 18.5 Å². The lowest BCUT2D eigenvalue weighted by atomic mass is 10.1. The molecule has 27 heavy (non-hydrogen) atoms. The molecule has 0 aliphatic carbocycles. The van der Waals surface area contributed by atoms with E-state index in [1.165, 1.54) is 0 Å². The highest BCUT2D eigenvalue weighted by Gasteiger charge is 2.17. The van der Waals surface area contributed by atoms with Gasteiger partial charge in [-0.2, -0.15) is 10.4 Å². The topological polar surface area (TPSA) is 109 Å². The molecule has 1 aliphatic heterocycles. The van der Waals surface area contributed by atoms with Crippen LogP contribution in [0.5, 0.6) is 5.75 Å². The Morgan fingerprint density at radius 3 is 3.04 bits per heavy atom. The van der Waals surface area contributed by atoms with Crippen LogP contribution >= 0.6 is 0 Å². The van der Waals surface area contributed by atoms with Gasteiger partial charge in [-0.25, -0.2) is 0 Å². The first-order valence-corrected chi connectivity index (χ1v) is 8.74. The summed E-state index contributed by atoms with van der Waals surface area (Å²) >= 11 is 0. The molecule has 3 rings (SSSR count). The van der Waals surface area contributed by atoms with E-state index in [0.29, 0.717) is 42.9 Å². The van der Waals surface area contributed by atoms with Crippen molar-refractivity contribution in [1.82, 2.24) is 9.78 Å². The highest BCUT2D eigenvalue weighted by molar-refractivity contribution is 5.97. The largest absolute Gasteiger partial charge is 0.482 e. The Kier molecular flexibility index (Phi) is 5.41. The van der Waals surface area contributed by atoms with Crippen molar-refractivity contribution in [3.05, 3.63) is 35.2 Å². The Morgan fingerprint density at radius 2 is 2.26 bits per heavy atom. The maximum atomic E-state index is 12.3. The summed E-state index contributed by atoms with van der Waals surface area (Å²) in [7, 11) is 0. The number of aryl methyl sites for hydroxylation is 2. The Labute approximate surface area is 157 Å². The fourth-order valence-corrected chi connectivity index (χ4v) is 3.09. The molecular formula is C19H21N5O3. The monoisotopic (exact) mass is 367 g/mol. The van der Waals surface area contributed by atoms with Gasteiger partial charge < -0.3 is 15.4 Å². The molecule has 0 bridgehead atoms. The third-order valence-corrected chi connectivity index (χ3v) is 4.46. The first kappa shape index (κ1) is 18.5. The fourth-order valence-electron chi connectivity index (χ4n) is 3.09. The van der Waals surface area contributed by atoms with Crippen LogP contribution in [0, 0.1) is 25.2 Å². The van der Waals surface area contributed by atoms with Crippen molar-refractivity contribution >= 4 is 23.2 Å². The van der Waals surface area contributed by atoms with Crippen molar-refractivity contribution in [1.29, 1.82) is 5.26 Å². The maximum absolute atomic E-state index is 12.3. The van der Waals surface area contributed by atoms with Gasteiger partial charge in [-0.1, -0.05) is 0 Å². The number of rotatable bonds is 6. The molecule has 1 aliphatic rings. The van der Waals surface area contributed by atoms with Crippen molar-refractivity contribution in [3.8, 4) is 11.8 Å². The zero-order chi connectivity index (χ0) is 19.4. The zero-order valence-electron chi connectivity index (χ0n) is 15.3. The lowest BCUT2D eigenvalue weighted by Gasteiger charge is -2.18. The number of anilines is 2. The van der Waals surface area contributed by atoms with Crippen molar-refractivity contribution in [2.45, 2.75) is 39.7 Å². The van der Waals surface area contributed by atoms with E-state index in [0.717, 1.165) is 17.0 Å². The molecule has 0 saturated carbocycles. The van der Waals surface area contributed by atoms with Gasteiger partial charge in [-0.3, -0.25) is 14.3 Å². The molecule has 2 N–H and O–H groups in total. The van der Waals surface area contributed by atoms with E-state index >= 15 is 0 Å². The van der Waals surface area contributed by atoms with E-state index in [-0.39, 0.29) is 18.4 Å². The second kappa shape index (κ2) is 7.91. The van der Waals surface area contributed by atoms with Gasteiger partial charge in [0.15, 0.2) is 6.61 Å². The number of fused-ring (bicyclic) bond motifs is 1.